The highest BCUT2D eigenvalue weighted by molar-refractivity contribution is 6.11. The van der Waals surface area contributed by atoms with Crippen molar-refractivity contribution < 1.29 is 18.0 Å². The fourth-order valence-electron chi connectivity index (χ4n) is 4.95. The van der Waals surface area contributed by atoms with Crippen molar-refractivity contribution in [3.05, 3.63) is 71.1 Å². The van der Waals surface area contributed by atoms with Crippen molar-refractivity contribution in [1.82, 2.24) is 20.2 Å². The highest BCUT2D eigenvalue weighted by Crippen LogP contribution is 2.44. The summed E-state index contributed by atoms with van der Waals surface area (Å²) in [4.78, 5) is 24.0. The number of H-pyrrole nitrogens is 2. The second kappa shape index (κ2) is 7.34. The third-order valence-electron chi connectivity index (χ3n) is 6.77. The maximum Gasteiger partial charge on any atom is 0.280 e. The Labute approximate surface area is 192 Å². The number of fused-ring (bicyclic) bond motifs is 2. The van der Waals surface area contributed by atoms with Crippen LogP contribution in [0.15, 0.2) is 42.7 Å². The van der Waals surface area contributed by atoms with Crippen molar-refractivity contribution in [3.8, 4) is 0 Å². The van der Waals surface area contributed by atoms with Crippen LogP contribution < -0.4 is 9.80 Å². The average Bonchev–Trinajstić information content (AvgIpc) is 3.50. The molecule has 2 aromatic heterocycles. The molecule has 0 bridgehead atoms. The van der Waals surface area contributed by atoms with Gasteiger partial charge in [-0.05, 0) is 37.3 Å². The van der Waals surface area contributed by atoms with E-state index < -0.39 is 17.8 Å². The third kappa shape index (κ3) is 3.16. The number of hydrogen-bond acceptors (Lipinski definition) is 4. The SMILES string of the molecule is Cc1[nH]nc2c1C(c1ccc(N3CCC(F)(F)CC3)cc1F)N(c1ccc3[nH]cnc3c1)C2=O. The van der Waals surface area contributed by atoms with Gasteiger partial charge in [-0.25, -0.2) is 18.2 Å². The molecule has 0 radical (unpaired) electrons. The molecule has 2 aliphatic heterocycles. The van der Waals surface area contributed by atoms with Crippen LogP contribution in [0.25, 0.3) is 11.0 Å². The molecule has 2 aliphatic rings. The number of aromatic amines is 2. The van der Waals surface area contributed by atoms with Gasteiger partial charge in [0.05, 0.1) is 23.4 Å². The smallest absolute Gasteiger partial charge is 0.280 e. The molecule has 1 saturated heterocycles. The fourth-order valence-corrected chi connectivity index (χ4v) is 4.95. The molecular weight excluding hydrogens is 445 g/mol. The summed E-state index contributed by atoms with van der Waals surface area (Å²) >= 11 is 0. The summed E-state index contributed by atoms with van der Waals surface area (Å²) in [6, 6.07) is 9.40. The molecule has 7 nitrogen and oxygen atoms in total. The minimum Gasteiger partial charge on any atom is -0.371 e. The molecule has 0 saturated carbocycles. The molecule has 174 valence electrons. The number of nitrogens with one attached hydrogen (secondary N) is 2. The number of carbonyl (C=O) groups excluding carboxylic acids is 1. The number of anilines is 2. The Morgan fingerprint density at radius 2 is 1.85 bits per heavy atom. The largest absolute Gasteiger partial charge is 0.371 e. The Bertz CT molecular complexity index is 1420. The number of alkyl halides is 2. The molecule has 6 rings (SSSR count). The average molecular weight is 466 g/mol. The Morgan fingerprint density at radius 1 is 1.09 bits per heavy atom. The van der Waals surface area contributed by atoms with Crippen LogP contribution in [0.2, 0.25) is 0 Å². The second-order valence-electron chi connectivity index (χ2n) is 8.84. The second-order valence-corrected chi connectivity index (χ2v) is 8.84. The maximum absolute atomic E-state index is 15.6. The topological polar surface area (TPSA) is 80.9 Å². The molecular formula is C24H21F3N6O. The van der Waals surface area contributed by atoms with Crippen LogP contribution in [0.4, 0.5) is 24.5 Å². The van der Waals surface area contributed by atoms with Crippen LogP contribution in [-0.2, 0) is 0 Å². The van der Waals surface area contributed by atoms with Gasteiger partial charge in [-0.2, -0.15) is 5.10 Å². The molecule has 1 atom stereocenters. The van der Waals surface area contributed by atoms with Gasteiger partial charge < -0.3 is 9.88 Å². The lowest BCUT2D eigenvalue weighted by molar-refractivity contribution is -0.0220. The molecule has 34 heavy (non-hydrogen) atoms. The summed E-state index contributed by atoms with van der Waals surface area (Å²) in [6.45, 7) is 2.12. The zero-order valence-electron chi connectivity index (χ0n) is 18.3. The summed E-state index contributed by atoms with van der Waals surface area (Å²) in [7, 11) is 0. The van der Waals surface area contributed by atoms with Crippen LogP contribution >= 0.6 is 0 Å². The number of aryl methyl sites for hydroxylation is 1. The summed E-state index contributed by atoms with van der Waals surface area (Å²) in [5, 5.41) is 7.02. The lowest BCUT2D eigenvalue weighted by Crippen LogP contribution is -2.39. The number of nitrogens with zero attached hydrogens (tertiary/aromatic N) is 4. The van der Waals surface area contributed by atoms with Crippen molar-refractivity contribution in [2.45, 2.75) is 31.7 Å². The van der Waals surface area contributed by atoms with E-state index in [0.717, 1.165) is 5.52 Å². The lowest BCUT2D eigenvalue weighted by Gasteiger charge is -2.34. The van der Waals surface area contributed by atoms with Crippen molar-refractivity contribution in [3.63, 3.8) is 0 Å². The van der Waals surface area contributed by atoms with Gasteiger partial charge >= 0.3 is 0 Å². The highest BCUT2D eigenvalue weighted by atomic mass is 19.3. The molecule has 4 heterocycles. The first kappa shape index (κ1) is 20.8. The van der Waals surface area contributed by atoms with Crippen molar-refractivity contribution in [2.75, 3.05) is 22.9 Å². The predicted octanol–water partition coefficient (Wildman–Crippen LogP) is 4.72. The summed E-state index contributed by atoms with van der Waals surface area (Å²) in [5.74, 6) is -3.52. The molecule has 1 fully saturated rings. The maximum atomic E-state index is 15.6. The standard InChI is InChI=1S/C24H21F3N6O/c1-13-20-21(31-30-13)23(34)33(15-3-5-18-19(11-15)29-12-28-18)22(20)16-4-2-14(10-17(16)25)32-8-6-24(26,27)7-9-32/h2-5,10-12,22H,6-9H2,1H3,(H,28,29)(H,30,31). The normalized spacial score (nSPS) is 19.8. The quantitative estimate of drug-likeness (QED) is 0.458. The Kier molecular flexibility index (Phi) is 4.48. The molecule has 1 unspecified atom stereocenters. The number of hydrogen-bond donors (Lipinski definition) is 2. The van der Waals surface area contributed by atoms with E-state index in [0.29, 0.717) is 33.7 Å². The van der Waals surface area contributed by atoms with E-state index in [9.17, 15) is 13.6 Å². The molecule has 1 amide bonds. The van der Waals surface area contributed by atoms with Crippen molar-refractivity contribution >= 4 is 28.3 Å². The van der Waals surface area contributed by atoms with Gasteiger partial charge in [-0.15, -0.1) is 0 Å². The van der Waals surface area contributed by atoms with Gasteiger partial charge in [-0.1, -0.05) is 6.07 Å². The van der Waals surface area contributed by atoms with Gasteiger partial charge in [0.1, 0.15) is 5.82 Å². The fraction of sp³-hybridized carbons (Fsp3) is 0.292. The lowest BCUT2D eigenvalue weighted by atomic mass is 9.97. The number of halogens is 3. The molecule has 0 spiro atoms. The predicted molar refractivity (Wildman–Crippen MR) is 121 cm³/mol. The minimum absolute atomic E-state index is 0.161. The summed E-state index contributed by atoms with van der Waals surface area (Å²) in [6.07, 6.45) is 1.06. The number of imidazole rings is 1. The van der Waals surface area contributed by atoms with E-state index >= 15 is 4.39 Å². The first-order chi connectivity index (χ1) is 16.3. The van der Waals surface area contributed by atoms with Crippen molar-refractivity contribution in [2.24, 2.45) is 0 Å². The third-order valence-corrected chi connectivity index (χ3v) is 6.77. The zero-order valence-corrected chi connectivity index (χ0v) is 18.3. The van der Waals surface area contributed by atoms with Crippen LogP contribution in [0.3, 0.4) is 0 Å². The first-order valence-corrected chi connectivity index (χ1v) is 11.1. The van der Waals surface area contributed by atoms with Gasteiger partial charge in [-0.3, -0.25) is 14.8 Å². The summed E-state index contributed by atoms with van der Waals surface area (Å²) < 4.78 is 42.7. The van der Waals surface area contributed by atoms with E-state index in [2.05, 4.69) is 20.2 Å². The van der Waals surface area contributed by atoms with Crippen LogP contribution in [-0.4, -0.2) is 45.1 Å². The first-order valence-electron chi connectivity index (χ1n) is 11.1. The van der Waals surface area contributed by atoms with E-state index in [-0.39, 0.29) is 37.5 Å². The highest BCUT2D eigenvalue weighted by Gasteiger charge is 2.43. The van der Waals surface area contributed by atoms with E-state index in [1.165, 1.54) is 11.0 Å². The number of rotatable bonds is 3. The molecule has 4 aromatic rings. The van der Waals surface area contributed by atoms with E-state index in [1.807, 2.05) is 6.07 Å². The molecule has 2 N–H and O–H groups in total. The van der Waals surface area contributed by atoms with Gasteiger partial charge in [0.2, 0.25) is 0 Å². The molecule has 10 heteroatoms. The van der Waals surface area contributed by atoms with Crippen molar-refractivity contribution in [1.29, 1.82) is 0 Å². The monoisotopic (exact) mass is 466 g/mol. The number of amides is 1. The van der Waals surface area contributed by atoms with Crippen LogP contribution in [0.1, 0.15) is 46.2 Å². The number of piperidine rings is 1. The number of carbonyl (C=O) groups is 1. The van der Waals surface area contributed by atoms with Gasteiger partial charge in [0, 0.05) is 54.1 Å². The Balaban J connectivity index is 1.42. The number of aromatic nitrogens is 4. The van der Waals surface area contributed by atoms with Gasteiger partial charge in [0.25, 0.3) is 11.8 Å². The minimum atomic E-state index is -2.68. The van der Waals surface area contributed by atoms with E-state index in [1.54, 1.807) is 42.4 Å². The number of benzene rings is 2. The molecule has 0 aliphatic carbocycles. The Hall–Kier alpha value is -3.82. The molecule has 2 aromatic carbocycles. The van der Waals surface area contributed by atoms with Crippen LogP contribution in [0.5, 0.6) is 0 Å². The zero-order chi connectivity index (χ0) is 23.6. The van der Waals surface area contributed by atoms with E-state index in [4.69, 9.17) is 0 Å². The summed E-state index contributed by atoms with van der Waals surface area (Å²) in [5.41, 5.74) is 4.50. The van der Waals surface area contributed by atoms with Crippen LogP contribution in [0, 0.1) is 12.7 Å². The Morgan fingerprint density at radius 3 is 2.62 bits per heavy atom. The van der Waals surface area contributed by atoms with Gasteiger partial charge in [0.15, 0.2) is 5.69 Å².